The molecule has 2 aromatic heterocycles. The van der Waals surface area contributed by atoms with Gasteiger partial charge in [0, 0.05) is 16.4 Å². The van der Waals surface area contributed by atoms with Gasteiger partial charge in [-0.15, -0.1) is 22.7 Å². The van der Waals surface area contributed by atoms with Crippen LogP contribution < -0.4 is 0 Å². The first-order chi connectivity index (χ1) is 7.42. The van der Waals surface area contributed by atoms with Gasteiger partial charge in [0.2, 0.25) is 0 Å². The Hall–Kier alpha value is -0.640. The maximum absolute atomic E-state index is 5.84. The van der Waals surface area contributed by atoms with Crippen LogP contribution in [0.25, 0.3) is 0 Å². The molecule has 0 fully saturated rings. The highest BCUT2D eigenvalue weighted by Crippen LogP contribution is 2.32. The molecule has 79 valence electrons. The third-order valence-corrected chi connectivity index (χ3v) is 3.86. The summed E-state index contributed by atoms with van der Waals surface area (Å²) in [6.45, 7) is 4.51. The van der Waals surface area contributed by atoms with E-state index < -0.39 is 0 Å². The fourth-order valence-corrected chi connectivity index (χ4v) is 3.04. The molecule has 0 atom stereocenters. The van der Waals surface area contributed by atoms with E-state index in [9.17, 15) is 0 Å². The Morgan fingerprint density at radius 3 is 2.13 bits per heavy atom. The van der Waals surface area contributed by atoms with E-state index in [1.165, 1.54) is 9.75 Å². The normalized spacial score (nSPS) is 11.1. The van der Waals surface area contributed by atoms with E-state index in [0.29, 0.717) is 6.61 Å². The van der Waals surface area contributed by atoms with Gasteiger partial charge in [-0.25, -0.2) is 0 Å². The van der Waals surface area contributed by atoms with E-state index in [4.69, 9.17) is 4.74 Å². The fourth-order valence-electron chi connectivity index (χ4n) is 1.39. The molecular formula is C12H13OS2. The summed E-state index contributed by atoms with van der Waals surface area (Å²) in [5.74, 6) is 0. The second kappa shape index (κ2) is 5.45. The minimum absolute atomic E-state index is 0.103. The van der Waals surface area contributed by atoms with Crippen molar-refractivity contribution in [2.45, 2.75) is 12.5 Å². The number of ether oxygens (including phenoxy) is 1. The van der Waals surface area contributed by atoms with Crippen molar-refractivity contribution in [2.75, 3.05) is 6.61 Å². The van der Waals surface area contributed by atoms with Crippen molar-refractivity contribution in [2.24, 2.45) is 0 Å². The summed E-state index contributed by atoms with van der Waals surface area (Å²) in [5.41, 5.74) is 0. The monoisotopic (exact) mass is 237 g/mol. The predicted octanol–water partition coefficient (Wildman–Crippen LogP) is 4.14. The van der Waals surface area contributed by atoms with E-state index in [2.05, 4.69) is 41.9 Å². The van der Waals surface area contributed by atoms with E-state index in [1.807, 2.05) is 0 Å². The maximum Gasteiger partial charge on any atom is 0.126 e. The van der Waals surface area contributed by atoms with Crippen LogP contribution in [0, 0.1) is 6.92 Å². The molecule has 2 heterocycles. The molecule has 2 aromatic rings. The van der Waals surface area contributed by atoms with Crippen molar-refractivity contribution in [3.63, 3.8) is 0 Å². The van der Waals surface area contributed by atoms with Crippen LogP contribution in [-0.2, 0) is 4.74 Å². The zero-order valence-corrected chi connectivity index (χ0v) is 10.0. The predicted molar refractivity (Wildman–Crippen MR) is 66.4 cm³/mol. The third kappa shape index (κ3) is 2.68. The van der Waals surface area contributed by atoms with Crippen LogP contribution in [0.3, 0.4) is 0 Å². The van der Waals surface area contributed by atoms with Gasteiger partial charge < -0.3 is 4.74 Å². The number of rotatable bonds is 5. The molecule has 0 aromatic carbocycles. The van der Waals surface area contributed by atoms with Crippen LogP contribution in [0.1, 0.15) is 22.3 Å². The van der Waals surface area contributed by atoms with E-state index in [1.54, 1.807) is 22.7 Å². The maximum atomic E-state index is 5.84. The molecule has 0 aliphatic carbocycles. The first kappa shape index (κ1) is 10.9. The minimum Gasteiger partial charge on any atom is -0.367 e. The lowest BCUT2D eigenvalue weighted by Gasteiger charge is -2.14. The molecule has 2 rings (SSSR count). The molecule has 15 heavy (non-hydrogen) atoms. The second-order valence-electron chi connectivity index (χ2n) is 3.14. The third-order valence-electron chi connectivity index (χ3n) is 2.03. The Labute approximate surface area is 98.3 Å². The minimum atomic E-state index is 0.103. The summed E-state index contributed by atoms with van der Waals surface area (Å²) in [6, 6.07) is 8.37. The zero-order valence-electron chi connectivity index (χ0n) is 8.39. The highest BCUT2D eigenvalue weighted by Gasteiger charge is 2.16. The quantitative estimate of drug-likeness (QED) is 0.759. The summed E-state index contributed by atoms with van der Waals surface area (Å²) < 4.78 is 5.84. The van der Waals surface area contributed by atoms with Gasteiger partial charge in [-0.2, -0.15) is 0 Å². The smallest absolute Gasteiger partial charge is 0.126 e. The zero-order chi connectivity index (χ0) is 10.5. The molecule has 0 unspecified atom stereocenters. The molecule has 1 radical (unpaired) electrons. The van der Waals surface area contributed by atoms with Crippen molar-refractivity contribution >= 4 is 22.7 Å². The first-order valence-electron chi connectivity index (χ1n) is 4.89. The van der Waals surface area contributed by atoms with Crippen LogP contribution in [-0.4, -0.2) is 6.61 Å². The fraction of sp³-hybridized carbons (Fsp3) is 0.250. The van der Waals surface area contributed by atoms with Gasteiger partial charge >= 0.3 is 0 Å². The Balaban J connectivity index is 2.17. The van der Waals surface area contributed by atoms with E-state index in [0.717, 1.165) is 6.42 Å². The van der Waals surface area contributed by atoms with Crippen LogP contribution in [0.15, 0.2) is 35.0 Å². The highest BCUT2D eigenvalue weighted by molar-refractivity contribution is 7.11. The van der Waals surface area contributed by atoms with Crippen LogP contribution in [0.5, 0.6) is 0 Å². The van der Waals surface area contributed by atoms with Crippen LogP contribution in [0.2, 0.25) is 0 Å². The Morgan fingerprint density at radius 2 is 1.73 bits per heavy atom. The lowest BCUT2D eigenvalue weighted by atomic mass is 10.2. The Bertz CT molecular complexity index is 330. The van der Waals surface area contributed by atoms with Crippen molar-refractivity contribution in [3.8, 4) is 0 Å². The molecule has 0 saturated heterocycles. The topological polar surface area (TPSA) is 9.23 Å². The molecule has 3 heteroatoms. The van der Waals surface area contributed by atoms with Crippen molar-refractivity contribution in [3.05, 3.63) is 51.7 Å². The van der Waals surface area contributed by atoms with Crippen molar-refractivity contribution in [1.82, 2.24) is 0 Å². The molecule has 1 nitrogen and oxygen atoms in total. The highest BCUT2D eigenvalue weighted by atomic mass is 32.1. The summed E-state index contributed by atoms with van der Waals surface area (Å²) in [4.78, 5) is 2.54. The van der Waals surface area contributed by atoms with Crippen LogP contribution in [0.4, 0.5) is 0 Å². The number of hydrogen-bond donors (Lipinski definition) is 0. The van der Waals surface area contributed by atoms with Gasteiger partial charge in [-0.1, -0.05) is 19.1 Å². The largest absolute Gasteiger partial charge is 0.367 e. The molecule has 0 N–H and O–H groups in total. The SMILES string of the molecule is [CH2]CCOC(c1cccs1)c1cccs1. The Kier molecular flexibility index (Phi) is 3.94. The lowest BCUT2D eigenvalue weighted by molar-refractivity contribution is 0.0883. The van der Waals surface area contributed by atoms with Gasteiger partial charge in [0.05, 0.1) is 0 Å². The van der Waals surface area contributed by atoms with Gasteiger partial charge in [-0.05, 0) is 29.3 Å². The molecular weight excluding hydrogens is 224 g/mol. The molecule has 0 bridgehead atoms. The van der Waals surface area contributed by atoms with E-state index >= 15 is 0 Å². The first-order valence-corrected chi connectivity index (χ1v) is 6.65. The van der Waals surface area contributed by atoms with E-state index in [-0.39, 0.29) is 6.10 Å². The van der Waals surface area contributed by atoms with Gasteiger partial charge in [0.15, 0.2) is 0 Å². The average molecular weight is 237 g/mol. The van der Waals surface area contributed by atoms with Crippen LogP contribution >= 0.6 is 22.7 Å². The standard InChI is InChI=1S/C12H13OS2/c1-2-7-13-12(10-5-3-8-14-10)11-6-4-9-15-11/h3-6,8-9,12H,1-2,7H2. The van der Waals surface area contributed by atoms with Gasteiger partial charge in [-0.3, -0.25) is 0 Å². The second-order valence-corrected chi connectivity index (χ2v) is 5.09. The number of hydrogen-bond acceptors (Lipinski definition) is 3. The van der Waals surface area contributed by atoms with Crippen molar-refractivity contribution in [1.29, 1.82) is 0 Å². The molecule has 0 spiro atoms. The lowest BCUT2D eigenvalue weighted by Crippen LogP contribution is -2.03. The summed E-state index contributed by atoms with van der Waals surface area (Å²) in [5, 5.41) is 4.17. The summed E-state index contributed by atoms with van der Waals surface area (Å²) >= 11 is 3.48. The molecule has 0 saturated carbocycles. The Morgan fingerprint density at radius 1 is 1.13 bits per heavy atom. The van der Waals surface area contributed by atoms with Crippen molar-refractivity contribution < 1.29 is 4.74 Å². The summed E-state index contributed by atoms with van der Waals surface area (Å²) in [6.07, 6.45) is 0.916. The number of thiophene rings is 2. The summed E-state index contributed by atoms with van der Waals surface area (Å²) in [7, 11) is 0. The average Bonchev–Trinajstić information content (AvgIpc) is 2.90. The molecule has 0 aliphatic heterocycles. The molecule has 0 amide bonds. The molecule has 0 aliphatic rings. The van der Waals surface area contributed by atoms with Gasteiger partial charge in [0.1, 0.15) is 6.10 Å². The van der Waals surface area contributed by atoms with Gasteiger partial charge in [0.25, 0.3) is 0 Å².